The van der Waals surface area contributed by atoms with Gasteiger partial charge in [-0.3, -0.25) is 9.59 Å². The van der Waals surface area contributed by atoms with Crippen molar-refractivity contribution in [2.24, 2.45) is 0 Å². The lowest BCUT2D eigenvalue weighted by atomic mass is 10.00. The van der Waals surface area contributed by atoms with Crippen LogP contribution in [0.25, 0.3) is 5.57 Å². The molecule has 7 heteroatoms. The van der Waals surface area contributed by atoms with E-state index >= 15 is 0 Å². The van der Waals surface area contributed by atoms with Crippen molar-refractivity contribution in [3.05, 3.63) is 71.8 Å². The average molecular weight is 403 g/mol. The first-order valence-electron chi connectivity index (χ1n) is 9.53. The highest BCUT2D eigenvalue weighted by Gasteiger charge is 2.19. The van der Waals surface area contributed by atoms with Crippen LogP contribution in [0.2, 0.25) is 0 Å². The van der Waals surface area contributed by atoms with Crippen LogP contribution in [0.1, 0.15) is 28.8 Å². The number of nitriles is 1. The van der Waals surface area contributed by atoms with Crippen molar-refractivity contribution in [2.45, 2.75) is 12.8 Å². The summed E-state index contributed by atoms with van der Waals surface area (Å²) in [5.74, 6) is -1.28. The zero-order valence-electron chi connectivity index (χ0n) is 16.3. The van der Waals surface area contributed by atoms with Gasteiger partial charge >= 0.3 is 5.97 Å². The lowest BCUT2D eigenvalue weighted by molar-refractivity contribution is -0.134. The Kier molecular flexibility index (Phi) is 6.95. The highest BCUT2D eigenvalue weighted by molar-refractivity contribution is 5.94. The molecular weight excluding hydrogens is 382 g/mol. The number of carbonyl (C=O) groups excluding carboxylic acids is 3. The number of nitrogens with one attached hydrogen (secondary N) is 1. The van der Waals surface area contributed by atoms with E-state index in [1.54, 1.807) is 11.0 Å². The van der Waals surface area contributed by atoms with Gasteiger partial charge in [0.05, 0.1) is 11.6 Å². The van der Waals surface area contributed by atoms with Crippen LogP contribution < -0.4 is 5.32 Å². The summed E-state index contributed by atoms with van der Waals surface area (Å²) < 4.78 is 5.13. The molecule has 2 aromatic rings. The highest BCUT2D eigenvalue weighted by Crippen LogP contribution is 2.22. The van der Waals surface area contributed by atoms with Gasteiger partial charge < -0.3 is 15.0 Å². The fraction of sp³-hybridized carbons (Fsp3) is 0.217. The summed E-state index contributed by atoms with van der Waals surface area (Å²) in [7, 11) is 0. The number of ether oxygens (including phenoxy) is 1. The van der Waals surface area contributed by atoms with Crippen molar-refractivity contribution in [3.8, 4) is 6.07 Å². The molecule has 0 saturated heterocycles. The number of anilines is 1. The molecule has 7 nitrogen and oxygen atoms in total. The largest absolute Gasteiger partial charge is 0.452 e. The minimum absolute atomic E-state index is 0.243. The van der Waals surface area contributed by atoms with E-state index in [1.165, 1.54) is 29.8 Å². The van der Waals surface area contributed by atoms with Gasteiger partial charge in [-0.05, 0) is 41.8 Å². The maximum absolute atomic E-state index is 12.4. The van der Waals surface area contributed by atoms with Crippen LogP contribution in [0, 0.1) is 11.3 Å². The van der Waals surface area contributed by atoms with Gasteiger partial charge in [0, 0.05) is 18.8 Å². The fourth-order valence-electron chi connectivity index (χ4n) is 3.08. The maximum Gasteiger partial charge on any atom is 0.338 e. The van der Waals surface area contributed by atoms with Crippen molar-refractivity contribution in [1.29, 1.82) is 5.26 Å². The molecule has 2 aromatic carbocycles. The SMILES string of the molecule is N#CCC(=O)Nc1ccc(C(=O)OCC(=O)N2CC=C(c3ccccc3)CC2)cc1. The predicted molar refractivity (Wildman–Crippen MR) is 111 cm³/mol. The van der Waals surface area contributed by atoms with E-state index in [-0.39, 0.29) is 24.5 Å². The van der Waals surface area contributed by atoms with E-state index in [4.69, 9.17) is 10.00 Å². The molecule has 0 fully saturated rings. The first-order chi connectivity index (χ1) is 14.6. The van der Waals surface area contributed by atoms with E-state index in [9.17, 15) is 14.4 Å². The zero-order chi connectivity index (χ0) is 21.3. The molecule has 0 saturated carbocycles. The molecule has 0 unspecified atom stereocenters. The number of hydrogen-bond acceptors (Lipinski definition) is 5. The minimum Gasteiger partial charge on any atom is -0.452 e. The smallest absolute Gasteiger partial charge is 0.338 e. The lowest BCUT2D eigenvalue weighted by Gasteiger charge is -2.26. The van der Waals surface area contributed by atoms with Crippen LogP contribution in [0.3, 0.4) is 0 Å². The van der Waals surface area contributed by atoms with E-state index < -0.39 is 11.9 Å². The van der Waals surface area contributed by atoms with Gasteiger partial charge in [0.15, 0.2) is 6.61 Å². The van der Waals surface area contributed by atoms with Gasteiger partial charge in [-0.2, -0.15) is 5.26 Å². The summed E-state index contributed by atoms with van der Waals surface area (Å²) in [6.45, 7) is 0.736. The molecular formula is C23H21N3O4. The van der Waals surface area contributed by atoms with Crippen LogP contribution in [0.15, 0.2) is 60.7 Å². The van der Waals surface area contributed by atoms with E-state index in [2.05, 4.69) is 5.32 Å². The third kappa shape index (κ3) is 5.55. The van der Waals surface area contributed by atoms with Crippen molar-refractivity contribution < 1.29 is 19.1 Å². The van der Waals surface area contributed by atoms with Crippen LogP contribution >= 0.6 is 0 Å². The quantitative estimate of drug-likeness (QED) is 0.748. The van der Waals surface area contributed by atoms with E-state index in [0.29, 0.717) is 18.8 Å². The van der Waals surface area contributed by atoms with Crippen molar-refractivity contribution in [2.75, 3.05) is 25.0 Å². The van der Waals surface area contributed by atoms with E-state index in [1.807, 2.05) is 36.4 Å². The Labute approximate surface area is 174 Å². The Morgan fingerprint density at radius 1 is 1.07 bits per heavy atom. The van der Waals surface area contributed by atoms with Gasteiger partial charge in [-0.1, -0.05) is 36.4 Å². The maximum atomic E-state index is 12.4. The summed E-state index contributed by atoms with van der Waals surface area (Å²) in [6, 6.07) is 17.8. The molecule has 3 rings (SSSR count). The minimum atomic E-state index is -0.615. The van der Waals surface area contributed by atoms with E-state index in [0.717, 1.165) is 12.0 Å². The zero-order valence-corrected chi connectivity index (χ0v) is 16.3. The number of amides is 2. The molecule has 0 spiro atoms. The molecule has 152 valence electrons. The third-order valence-corrected chi connectivity index (χ3v) is 4.68. The topological polar surface area (TPSA) is 99.5 Å². The molecule has 0 aromatic heterocycles. The van der Waals surface area contributed by atoms with Gasteiger partial charge in [0.2, 0.25) is 5.91 Å². The molecule has 1 aliphatic rings. The summed E-state index contributed by atoms with van der Waals surface area (Å²) >= 11 is 0. The van der Waals surface area contributed by atoms with Gasteiger partial charge in [-0.15, -0.1) is 0 Å². The number of nitrogens with zero attached hydrogens (tertiary/aromatic N) is 2. The summed E-state index contributed by atoms with van der Waals surface area (Å²) in [5.41, 5.74) is 3.10. The normalized spacial score (nSPS) is 13.0. The van der Waals surface area contributed by atoms with Gasteiger partial charge in [0.1, 0.15) is 6.42 Å². The van der Waals surface area contributed by atoms with Gasteiger partial charge in [-0.25, -0.2) is 4.79 Å². The van der Waals surface area contributed by atoms with Crippen molar-refractivity contribution in [1.82, 2.24) is 4.90 Å². The monoisotopic (exact) mass is 403 g/mol. The van der Waals surface area contributed by atoms with Crippen LogP contribution in [-0.2, 0) is 14.3 Å². The average Bonchev–Trinajstić information content (AvgIpc) is 2.78. The highest BCUT2D eigenvalue weighted by atomic mass is 16.5. The molecule has 0 aliphatic carbocycles. The second-order valence-corrected chi connectivity index (χ2v) is 6.72. The summed E-state index contributed by atoms with van der Waals surface area (Å²) in [4.78, 5) is 37.6. The third-order valence-electron chi connectivity index (χ3n) is 4.68. The van der Waals surface area contributed by atoms with Crippen molar-refractivity contribution in [3.63, 3.8) is 0 Å². The van der Waals surface area contributed by atoms with Crippen LogP contribution in [0.4, 0.5) is 5.69 Å². The first kappa shape index (κ1) is 20.8. The Bertz CT molecular complexity index is 991. The molecule has 1 N–H and O–H groups in total. The van der Waals surface area contributed by atoms with Crippen molar-refractivity contribution >= 4 is 29.0 Å². The molecule has 2 amide bonds. The molecule has 1 heterocycles. The second kappa shape index (κ2) is 10.0. The number of esters is 1. The summed E-state index contributed by atoms with van der Waals surface area (Å²) in [6.07, 6.45) is 2.53. The first-order valence-corrected chi connectivity index (χ1v) is 9.53. The number of rotatable bonds is 6. The fourth-order valence-corrected chi connectivity index (χ4v) is 3.08. The number of carbonyl (C=O) groups is 3. The Hall–Kier alpha value is -3.92. The summed E-state index contributed by atoms with van der Waals surface area (Å²) in [5, 5.41) is 11.0. The van der Waals surface area contributed by atoms with Crippen LogP contribution in [0.5, 0.6) is 0 Å². The Balaban J connectivity index is 1.48. The molecule has 0 bridgehead atoms. The Morgan fingerprint density at radius 2 is 1.80 bits per heavy atom. The molecule has 1 aliphatic heterocycles. The van der Waals surface area contributed by atoms with Gasteiger partial charge in [0.25, 0.3) is 5.91 Å². The molecule has 0 radical (unpaired) electrons. The number of hydrogen-bond donors (Lipinski definition) is 1. The Morgan fingerprint density at radius 3 is 2.43 bits per heavy atom. The predicted octanol–water partition coefficient (Wildman–Crippen LogP) is 3.01. The molecule has 30 heavy (non-hydrogen) atoms. The van der Waals surface area contributed by atoms with Crippen LogP contribution in [-0.4, -0.2) is 42.4 Å². The lowest BCUT2D eigenvalue weighted by Crippen LogP contribution is -2.37. The standard InChI is InChI=1S/C23H21N3O4/c24-13-10-21(27)25-20-8-6-19(7-9-20)23(29)30-16-22(28)26-14-11-18(12-15-26)17-4-2-1-3-5-17/h1-9,11H,10,12,14-16H2,(H,25,27). The number of benzene rings is 2. The molecule has 0 atom stereocenters. The second-order valence-electron chi connectivity index (χ2n) is 6.72.